The minimum absolute atomic E-state index is 0.192. The highest BCUT2D eigenvalue weighted by Crippen LogP contribution is 2.22. The molecule has 7 heteroatoms. The number of rotatable bonds is 4. The topological polar surface area (TPSA) is 96.2 Å². The summed E-state index contributed by atoms with van der Waals surface area (Å²) < 4.78 is 0. The number of amides is 1. The van der Waals surface area contributed by atoms with E-state index in [2.05, 4.69) is 20.7 Å². The van der Waals surface area contributed by atoms with Crippen molar-refractivity contribution in [2.24, 2.45) is 5.84 Å². The zero-order valence-electron chi connectivity index (χ0n) is 12.2. The van der Waals surface area contributed by atoms with Gasteiger partial charge in [0, 0.05) is 25.5 Å². The summed E-state index contributed by atoms with van der Waals surface area (Å²) in [5, 5.41) is 2.80. The first-order chi connectivity index (χ1) is 10.0. The first kappa shape index (κ1) is 14.7. The van der Waals surface area contributed by atoms with Gasteiger partial charge < -0.3 is 15.6 Å². The maximum Gasteiger partial charge on any atom is 0.275 e. The van der Waals surface area contributed by atoms with Crippen LogP contribution in [-0.2, 0) is 0 Å². The van der Waals surface area contributed by atoms with Crippen molar-refractivity contribution in [2.75, 3.05) is 29.7 Å². The number of nitrogens with zero attached hydrogens (tertiary/aromatic N) is 3. The van der Waals surface area contributed by atoms with E-state index in [0.717, 1.165) is 11.3 Å². The van der Waals surface area contributed by atoms with E-state index in [1.807, 2.05) is 44.1 Å². The van der Waals surface area contributed by atoms with Crippen molar-refractivity contribution in [3.8, 4) is 0 Å². The van der Waals surface area contributed by atoms with E-state index >= 15 is 0 Å². The minimum Gasteiger partial charge on any atom is -0.377 e. The van der Waals surface area contributed by atoms with Gasteiger partial charge in [-0.25, -0.2) is 10.8 Å². The normalized spacial score (nSPS) is 10.1. The number of carbonyl (C=O) groups excluding carboxylic acids is 1. The third-order valence-corrected chi connectivity index (χ3v) is 2.96. The lowest BCUT2D eigenvalue weighted by Crippen LogP contribution is -2.17. The molecular formula is C14H18N6O. The van der Waals surface area contributed by atoms with Gasteiger partial charge in [-0.3, -0.25) is 9.78 Å². The largest absolute Gasteiger partial charge is 0.377 e. The summed E-state index contributed by atoms with van der Waals surface area (Å²) in [4.78, 5) is 22.1. The van der Waals surface area contributed by atoms with Crippen molar-refractivity contribution in [1.82, 2.24) is 9.97 Å². The van der Waals surface area contributed by atoms with Crippen molar-refractivity contribution in [1.29, 1.82) is 0 Å². The Morgan fingerprint density at radius 2 is 2.05 bits per heavy atom. The number of hydrogen-bond donors (Lipinski definition) is 3. The zero-order chi connectivity index (χ0) is 15.4. The van der Waals surface area contributed by atoms with Crippen LogP contribution in [-0.4, -0.2) is 30.0 Å². The second kappa shape index (κ2) is 6.19. The number of anilines is 3. The molecule has 2 aromatic rings. The molecule has 0 spiro atoms. The van der Waals surface area contributed by atoms with Gasteiger partial charge in [0.15, 0.2) is 5.82 Å². The molecular weight excluding hydrogens is 268 g/mol. The van der Waals surface area contributed by atoms with Crippen LogP contribution < -0.4 is 21.5 Å². The van der Waals surface area contributed by atoms with Gasteiger partial charge in [-0.1, -0.05) is 6.07 Å². The standard InChI is InChI=1S/C14H18N6O/c1-9-4-5-10(6-12(9)20(2)3)17-14(21)11-7-16-8-13(18-11)19-15/h4-8H,15H2,1-3H3,(H,17,21)(H,18,19). The highest BCUT2D eigenvalue weighted by Gasteiger charge is 2.10. The van der Waals surface area contributed by atoms with Gasteiger partial charge in [0.25, 0.3) is 5.91 Å². The molecule has 0 aliphatic heterocycles. The molecule has 1 heterocycles. The Morgan fingerprint density at radius 3 is 2.71 bits per heavy atom. The molecule has 0 fully saturated rings. The van der Waals surface area contributed by atoms with Crippen LogP contribution >= 0.6 is 0 Å². The average molecular weight is 286 g/mol. The van der Waals surface area contributed by atoms with Crippen molar-refractivity contribution in [2.45, 2.75) is 6.92 Å². The van der Waals surface area contributed by atoms with Crippen LogP contribution in [0.2, 0.25) is 0 Å². The van der Waals surface area contributed by atoms with E-state index in [4.69, 9.17) is 5.84 Å². The highest BCUT2D eigenvalue weighted by atomic mass is 16.1. The molecule has 0 radical (unpaired) electrons. The van der Waals surface area contributed by atoms with Crippen LogP contribution in [0.3, 0.4) is 0 Å². The third kappa shape index (κ3) is 3.46. The summed E-state index contributed by atoms with van der Waals surface area (Å²) in [6.45, 7) is 2.02. The lowest BCUT2D eigenvalue weighted by atomic mass is 10.1. The predicted octanol–water partition coefficient (Wildman–Crippen LogP) is 1.39. The Kier molecular flexibility index (Phi) is 4.34. The van der Waals surface area contributed by atoms with E-state index in [1.54, 1.807) is 0 Å². The number of hydrazine groups is 1. The van der Waals surface area contributed by atoms with Gasteiger partial charge in [0.2, 0.25) is 0 Å². The Hall–Kier alpha value is -2.67. The molecule has 110 valence electrons. The average Bonchev–Trinajstić information content (AvgIpc) is 2.49. The van der Waals surface area contributed by atoms with Crippen LogP contribution in [0.4, 0.5) is 17.2 Å². The molecule has 0 aliphatic carbocycles. The highest BCUT2D eigenvalue weighted by molar-refractivity contribution is 6.03. The summed E-state index contributed by atoms with van der Waals surface area (Å²) in [5.41, 5.74) is 5.42. The van der Waals surface area contributed by atoms with Crippen LogP contribution in [0.5, 0.6) is 0 Å². The van der Waals surface area contributed by atoms with Crippen molar-refractivity contribution < 1.29 is 4.79 Å². The van der Waals surface area contributed by atoms with E-state index in [9.17, 15) is 4.79 Å². The second-order valence-electron chi connectivity index (χ2n) is 4.78. The maximum absolute atomic E-state index is 12.2. The summed E-state index contributed by atoms with van der Waals surface area (Å²) in [5.74, 6) is 5.25. The summed E-state index contributed by atoms with van der Waals surface area (Å²) >= 11 is 0. The van der Waals surface area contributed by atoms with Crippen molar-refractivity contribution in [3.05, 3.63) is 41.9 Å². The number of benzene rings is 1. The van der Waals surface area contributed by atoms with E-state index in [1.165, 1.54) is 12.4 Å². The van der Waals surface area contributed by atoms with Crippen molar-refractivity contribution in [3.63, 3.8) is 0 Å². The first-order valence-electron chi connectivity index (χ1n) is 6.39. The molecule has 0 atom stereocenters. The number of nitrogens with one attached hydrogen (secondary N) is 2. The smallest absolute Gasteiger partial charge is 0.275 e. The Bertz CT molecular complexity index is 656. The van der Waals surface area contributed by atoms with Crippen LogP contribution in [0, 0.1) is 6.92 Å². The molecule has 7 nitrogen and oxygen atoms in total. The van der Waals surface area contributed by atoms with Gasteiger partial charge >= 0.3 is 0 Å². The van der Waals surface area contributed by atoms with Crippen LogP contribution in [0.1, 0.15) is 16.1 Å². The third-order valence-electron chi connectivity index (χ3n) is 2.96. The summed E-state index contributed by atoms with van der Waals surface area (Å²) in [6, 6.07) is 5.71. The Balaban J connectivity index is 2.21. The van der Waals surface area contributed by atoms with Crippen LogP contribution in [0.15, 0.2) is 30.6 Å². The molecule has 1 aromatic heterocycles. The monoisotopic (exact) mass is 286 g/mol. The number of aryl methyl sites for hydroxylation is 1. The fraction of sp³-hybridized carbons (Fsp3) is 0.214. The molecule has 1 aromatic carbocycles. The fourth-order valence-electron chi connectivity index (χ4n) is 1.91. The van der Waals surface area contributed by atoms with E-state index in [-0.39, 0.29) is 11.6 Å². The molecule has 1 amide bonds. The Morgan fingerprint density at radius 1 is 1.29 bits per heavy atom. The molecule has 2 rings (SSSR count). The number of hydrogen-bond acceptors (Lipinski definition) is 6. The Labute approximate surface area is 123 Å². The van der Waals surface area contributed by atoms with E-state index in [0.29, 0.717) is 11.5 Å². The number of aromatic nitrogens is 2. The molecule has 0 bridgehead atoms. The van der Waals surface area contributed by atoms with E-state index < -0.39 is 0 Å². The predicted molar refractivity (Wildman–Crippen MR) is 83.3 cm³/mol. The number of nitrogens with two attached hydrogens (primary N) is 1. The lowest BCUT2D eigenvalue weighted by Gasteiger charge is -2.17. The lowest BCUT2D eigenvalue weighted by molar-refractivity contribution is 0.102. The SMILES string of the molecule is Cc1ccc(NC(=O)c2cncc(NN)n2)cc1N(C)C. The van der Waals surface area contributed by atoms with Gasteiger partial charge in [0.05, 0.1) is 12.4 Å². The molecule has 0 unspecified atom stereocenters. The second-order valence-corrected chi connectivity index (χ2v) is 4.78. The summed E-state index contributed by atoms with van der Waals surface area (Å²) in [6.07, 6.45) is 2.82. The quantitative estimate of drug-likeness (QED) is 0.580. The van der Waals surface area contributed by atoms with Gasteiger partial charge in [-0.2, -0.15) is 0 Å². The van der Waals surface area contributed by atoms with Crippen LogP contribution in [0.25, 0.3) is 0 Å². The molecule has 0 saturated heterocycles. The van der Waals surface area contributed by atoms with Crippen molar-refractivity contribution >= 4 is 23.1 Å². The maximum atomic E-state index is 12.2. The van der Waals surface area contributed by atoms with Gasteiger partial charge in [0.1, 0.15) is 5.69 Å². The van der Waals surface area contributed by atoms with Gasteiger partial charge in [-0.05, 0) is 24.6 Å². The number of carbonyl (C=O) groups is 1. The molecule has 0 saturated carbocycles. The molecule has 21 heavy (non-hydrogen) atoms. The molecule has 4 N–H and O–H groups in total. The molecule has 0 aliphatic rings. The minimum atomic E-state index is -0.340. The number of nitrogen functional groups attached to an aromatic ring is 1. The summed E-state index contributed by atoms with van der Waals surface area (Å²) in [7, 11) is 3.91. The first-order valence-corrected chi connectivity index (χ1v) is 6.39. The fourth-order valence-corrected chi connectivity index (χ4v) is 1.91. The zero-order valence-corrected chi connectivity index (χ0v) is 12.2. The van der Waals surface area contributed by atoms with Gasteiger partial charge in [-0.15, -0.1) is 0 Å².